The third-order valence-corrected chi connectivity index (χ3v) is 5.00. The first-order valence-corrected chi connectivity index (χ1v) is 7.35. The second kappa shape index (κ2) is 3.99. The third kappa shape index (κ3) is 1.73. The van der Waals surface area contributed by atoms with Gasteiger partial charge in [0, 0.05) is 17.3 Å². The van der Waals surface area contributed by atoms with Gasteiger partial charge in [0.15, 0.2) is 0 Å². The first-order chi connectivity index (χ1) is 8.21. The fourth-order valence-corrected chi connectivity index (χ4v) is 4.05. The van der Waals surface area contributed by atoms with E-state index in [1.54, 1.807) is 18.0 Å². The Hall–Kier alpha value is -1.08. The maximum absolute atomic E-state index is 12.3. The van der Waals surface area contributed by atoms with Gasteiger partial charge in [-0.2, -0.15) is 11.8 Å². The van der Waals surface area contributed by atoms with Crippen molar-refractivity contribution in [2.75, 3.05) is 11.5 Å². The Bertz CT molecular complexity index is 454. The number of thiazole rings is 1. The van der Waals surface area contributed by atoms with Crippen molar-refractivity contribution in [3.63, 3.8) is 0 Å². The minimum Gasteiger partial charge on any atom is -0.322 e. The first kappa shape index (κ1) is 11.0. The smallest absolute Gasteiger partial charge is 0.322 e. The van der Waals surface area contributed by atoms with Crippen molar-refractivity contribution in [1.29, 1.82) is 0 Å². The van der Waals surface area contributed by atoms with E-state index >= 15 is 0 Å². The highest BCUT2D eigenvalue weighted by Gasteiger charge is 2.52. The van der Waals surface area contributed by atoms with Crippen molar-refractivity contribution >= 4 is 35.0 Å². The van der Waals surface area contributed by atoms with Gasteiger partial charge in [-0.15, -0.1) is 11.3 Å². The standard InChI is InChI=1S/C10H11N3O2S2/c14-8-10(1-3-16-6-10)12-9(15)13(8)5-7-11-2-4-17-7/h2,4H,1,3,5-6H2,(H,12,15)/t10-/m1/s1. The van der Waals surface area contributed by atoms with Crippen molar-refractivity contribution in [3.8, 4) is 0 Å². The van der Waals surface area contributed by atoms with E-state index in [0.717, 1.165) is 17.2 Å². The Labute approximate surface area is 107 Å². The van der Waals surface area contributed by atoms with Gasteiger partial charge in [0.05, 0.1) is 6.54 Å². The number of aromatic nitrogens is 1. The summed E-state index contributed by atoms with van der Waals surface area (Å²) in [6.45, 7) is 0.286. The van der Waals surface area contributed by atoms with Crippen molar-refractivity contribution in [3.05, 3.63) is 16.6 Å². The number of nitrogens with zero attached hydrogens (tertiary/aromatic N) is 2. The van der Waals surface area contributed by atoms with E-state index in [4.69, 9.17) is 0 Å². The summed E-state index contributed by atoms with van der Waals surface area (Å²) in [4.78, 5) is 29.5. The Balaban J connectivity index is 1.82. The van der Waals surface area contributed by atoms with E-state index in [9.17, 15) is 9.59 Å². The van der Waals surface area contributed by atoms with E-state index in [-0.39, 0.29) is 18.5 Å². The van der Waals surface area contributed by atoms with Crippen LogP contribution in [-0.4, -0.2) is 38.9 Å². The van der Waals surface area contributed by atoms with Crippen LogP contribution in [0.4, 0.5) is 4.79 Å². The molecular formula is C10H11N3O2S2. The monoisotopic (exact) mass is 269 g/mol. The molecule has 0 aliphatic carbocycles. The van der Waals surface area contributed by atoms with E-state index in [2.05, 4.69) is 10.3 Å². The van der Waals surface area contributed by atoms with Crippen LogP contribution >= 0.6 is 23.1 Å². The predicted octanol–water partition coefficient (Wildman–Crippen LogP) is 1.07. The zero-order chi connectivity index (χ0) is 11.9. The second-order valence-electron chi connectivity index (χ2n) is 4.13. The van der Waals surface area contributed by atoms with Crippen LogP contribution in [0.2, 0.25) is 0 Å². The lowest BCUT2D eigenvalue weighted by molar-refractivity contribution is -0.130. The second-order valence-corrected chi connectivity index (χ2v) is 6.22. The summed E-state index contributed by atoms with van der Waals surface area (Å²) >= 11 is 3.17. The number of thioether (sulfide) groups is 1. The Morgan fingerprint density at radius 2 is 2.41 bits per heavy atom. The molecule has 2 aliphatic rings. The van der Waals surface area contributed by atoms with Gasteiger partial charge >= 0.3 is 6.03 Å². The molecule has 1 aromatic rings. The van der Waals surface area contributed by atoms with Gasteiger partial charge in [-0.25, -0.2) is 9.78 Å². The van der Waals surface area contributed by atoms with Crippen LogP contribution < -0.4 is 5.32 Å². The molecule has 3 heterocycles. The van der Waals surface area contributed by atoms with Crippen LogP contribution in [0.25, 0.3) is 0 Å². The minimum absolute atomic E-state index is 0.0947. The summed E-state index contributed by atoms with van der Waals surface area (Å²) in [5.74, 6) is 1.52. The average molecular weight is 269 g/mol. The van der Waals surface area contributed by atoms with Gasteiger partial charge in [-0.05, 0) is 12.2 Å². The van der Waals surface area contributed by atoms with Crippen LogP contribution in [0.1, 0.15) is 11.4 Å². The molecule has 0 saturated carbocycles. The number of imide groups is 1. The first-order valence-electron chi connectivity index (χ1n) is 5.31. The number of carbonyl (C=O) groups excluding carboxylic acids is 2. The lowest BCUT2D eigenvalue weighted by atomic mass is 9.99. The molecule has 0 radical (unpaired) electrons. The predicted molar refractivity (Wildman–Crippen MR) is 65.9 cm³/mol. The van der Waals surface area contributed by atoms with Crippen molar-refractivity contribution < 1.29 is 9.59 Å². The molecule has 2 aliphatic heterocycles. The van der Waals surface area contributed by atoms with Gasteiger partial charge in [-0.3, -0.25) is 9.69 Å². The van der Waals surface area contributed by atoms with Gasteiger partial charge in [-0.1, -0.05) is 0 Å². The molecule has 0 unspecified atom stereocenters. The molecule has 3 amide bonds. The molecule has 1 N–H and O–H groups in total. The minimum atomic E-state index is -0.640. The van der Waals surface area contributed by atoms with Gasteiger partial charge in [0.1, 0.15) is 10.5 Å². The summed E-state index contributed by atoms with van der Waals surface area (Å²) in [6, 6.07) is -0.285. The zero-order valence-corrected chi connectivity index (χ0v) is 10.6. The van der Waals surface area contributed by atoms with Gasteiger partial charge < -0.3 is 5.32 Å². The van der Waals surface area contributed by atoms with E-state index in [1.807, 2.05) is 5.38 Å². The fraction of sp³-hybridized carbons (Fsp3) is 0.500. The summed E-state index contributed by atoms with van der Waals surface area (Å²) in [6.07, 6.45) is 2.41. The summed E-state index contributed by atoms with van der Waals surface area (Å²) in [5.41, 5.74) is -0.640. The highest BCUT2D eigenvalue weighted by atomic mass is 32.2. The normalized spacial score (nSPS) is 28.1. The zero-order valence-electron chi connectivity index (χ0n) is 9.01. The molecule has 2 fully saturated rings. The summed E-state index contributed by atoms with van der Waals surface area (Å²) in [7, 11) is 0. The molecule has 1 aromatic heterocycles. The molecule has 0 bridgehead atoms. The fourth-order valence-electron chi connectivity index (χ4n) is 2.12. The number of carbonyl (C=O) groups is 2. The van der Waals surface area contributed by atoms with E-state index in [1.165, 1.54) is 16.2 Å². The van der Waals surface area contributed by atoms with Crippen molar-refractivity contribution in [2.24, 2.45) is 0 Å². The maximum Gasteiger partial charge on any atom is 0.325 e. The molecule has 5 nitrogen and oxygen atoms in total. The highest BCUT2D eigenvalue weighted by molar-refractivity contribution is 7.99. The quantitative estimate of drug-likeness (QED) is 0.816. The van der Waals surface area contributed by atoms with E-state index < -0.39 is 5.54 Å². The number of nitrogens with one attached hydrogen (secondary N) is 1. The number of hydrogen-bond donors (Lipinski definition) is 1. The van der Waals surface area contributed by atoms with Gasteiger partial charge in [0.2, 0.25) is 0 Å². The molecule has 3 rings (SSSR count). The average Bonchev–Trinajstić information content (AvgIpc) is 2.99. The Kier molecular flexibility index (Phi) is 2.59. The van der Waals surface area contributed by atoms with Gasteiger partial charge in [0.25, 0.3) is 5.91 Å². The maximum atomic E-state index is 12.3. The van der Waals surface area contributed by atoms with E-state index in [0.29, 0.717) is 5.75 Å². The van der Waals surface area contributed by atoms with Crippen molar-refractivity contribution in [1.82, 2.24) is 15.2 Å². The largest absolute Gasteiger partial charge is 0.325 e. The Morgan fingerprint density at radius 3 is 3.06 bits per heavy atom. The number of urea groups is 1. The lowest BCUT2D eigenvalue weighted by Crippen LogP contribution is -2.46. The molecule has 0 aromatic carbocycles. The number of rotatable bonds is 2. The molecule has 17 heavy (non-hydrogen) atoms. The van der Waals surface area contributed by atoms with Crippen molar-refractivity contribution in [2.45, 2.75) is 18.5 Å². The molecule has 1 spiro atoms. The molecule has 7 heteroatoms. The SMILES string of the molecule is O=C1N[C@@]2(CCSC2)C(=O)N1Cc1nccs1. The lowest BCUT2D eigenvalue weighted by Gasteiger charge is -2.18. The number of amides is 3. The number of hydrogen-bond acceptors (Lipinski definition) is 5. The summed E-state index contributed by atoms with van der Waals surface area (Å²) < 4.78 is 0. The van der Waals surface area contributed by atoms with Crippen LogP contribution in [0.15, 0.2) is 11.6 Å². The molecule has 2 saturated heterocycles. The summed E-state index contributed by atoms with van der Waals surface area (Å²) in [5, 5.41) is 5.47. The highest BCUT2D eigenvalue weighted by Crippen LogP contribution is 2.33. The third-order valence-electron chi connectivity index (χ3n) is 3.04. The van der Waals surface area contributed by atoms with Crippen LogP contribution in [0.5, 0.6) is 0 Å². The van der Waals surface area contributed by atoms with Crippen LogP contribution in [-0.2, 0) is 11.3 Å². The van der Waals surface area contributed by atoms with Crippen LogP contribution in [0, 0.1) is 0 Å². The topological polar surface area (TPSA) is 62.3 Å². The molecule has 1 atom stereocenters. The Morgan fingerprint density at radius 1 is 1.53 bits per heavy atom. The molecule has 90 valence electrons. The molecular weight excluding hydrogens is 258 g/mol. The van der Waals surface area contributed by atoms with Crippen LogP contribution in [0.3, 0.4) is 0 Å².